The smallest absolute Gasteiger partial charge is 0.317 e. The summed E-state index contributed by atoms with van der Waals surface area (Å²) in [6, 6.07) is -0.337. The zero-order chi connectivity index (χ0) is 18.0. The molecule has 1 fully saturated rings. The molecule has 2 aromatic heterocycles. The predicted octanol–water partition coefficient (Wildman–Crippen LogP) is 2.27. The molecule has 0 unspecified atom stereocenters. The molecule has 0 aliphatic carbocycles. The van der Waals surface area contributed by atoms with Crippen molar-refractivity contribution < 1.29 is 4.79 Å². The van der Waals surface area contributed by atoms with Crippen molar-refractivity contribution in [1.29, 1.82) is 0 Å². The van der Waals surface area contributed by atoms with E-state index in [2.05, 4.69) is 20.5 Å². The first-order valence-electron chi connectivity index (χ1n) is 8.59. The van der Waals surface area contributed by atoms with Gasteiger partial charge in [-0.25, -0.2) is 9.78 Å². The third-order valence-electron chi connectivity index (χ3n) is 4.77. The molecule has 1 saturated heterocycles. The number of carbonyl (C=O) groups is 1. The molecule has 0 radical (unpaired) electrons. The average molecular weight is 344 g/mol. The van der Waals surface area contributed by atoms with Crippen LogP contribution in [0.2, 0.25) is 0 Å². The molecule has 0 spiro atoms. The molecule has 0 bridgehead atoms. The lowest BCUT2D eigenvalue weighted by Gasteiger charge is -2.30. The Bertz CT molecular complexity index is 805. The summed E-state index contributed by atoms with van der Waals surface area (Å²) in [6.07, 6.45) is 7.03. The molecule has 1 aliphatic heterocycles. The van der Waals surface area contributed by atoms with Crippen molar-refractivity contribution in [2.75, 3.05) is 11.9 Å². The van der Waals surface area contributed by atoms with Gasteiger partial charge in [0.15, 0.2) is 0 Å². The third kappa shape index (κ3) is 3.42. The van der Waals surface area contributed by atoms with Crippen molar-refractivity contribution in [2.24, 2.45) is 7.05 Å². The monoisotopic (exact) mass is 344 g/mol. The molecule has 1 aliphatic rings. The number of aromatic nitrogens is 4. The minimum Gasteiger partial charge on any atom is -0.317 e. The topological polar surface area (TPSA) is 95.9 Å². The van der Waals surface area contributed by atoms with Gasteiger partial charge in [-0.3, -0.25) is 15.2 Å². The minimum atomic E-state index is -0.321. The maximum absolute atomic E-state index is 12.9. The number of H-pyrrole nitrogens is 1. The summed E-state index contributed by atoms with van der Waals surface area (Å²) in [5.74, 6) is 0.0543. The number of rotatable bonds is 2. The van der Waals surface area contributed by atoms with Crippen LogP contribution in [0.3, 0.4) is 0 Å². The van der Waals surface area contributed by atoms with Gasteiger partial charge in [-0.1, -0.05) is 12.8 Å². The molecule has 134 valence electrons. The number of urea groups is 1. The molecule has 25 heavy (non-hydrogen) atoms. The van der Waals surface area contributed by atoms with Gasteiger partial charge in [-0.2, -0.15) is 5.10 Å². The highest BCUT2D eigenvalue weighted by Gasteiger charge is 2.30. The van der Waals surface area contributed by atoms with Crippen LogP contribution >= 0.6 is 0 Å². The fraction of sp³-hybridized carbons (Fsp3) is 0.529. The number of aromatic amines is 1. The summed E-state index contributed by atoms with van der Waals surface area (Å²) >= 11 is 0. The molecule has 2 N–H and O–H groups in total. The molecule has 2 aromatic rings. The van der Waals surface area contributed by atoms with Crippen molar-refractivity contribution in [3.8, 4) is 0 Å². The molecule has 1 atom stereocenters. The molecule has 8 heteroatoms. The molecular formula is C17H24N6O2. The normalized spacial score (nSPS) is 18.0. The van der Waals surface area contributed by atoms with E-state index in [1.165, 1.54) is 10.8 Å². The zero-order valence-corrected chi connectivity index (χ0v) is 14.9. The number of likely N-dealkylation sites (tertiary alicyclic amines) is 1. The number of amides is 2. The largest absolute Gasteiger partial charge is 0.323 e. The van der Waals surface area contributed by atoms with E-state index in [1.54, 1.807) is 13.2 Å². The number of carbonyl (C=O) groups excluding carboxylic acids is 1. The number of anilines is 1. The van der Waals surface area contributed by atoms with Gasteiger partial charge in [-0.05, 0) is 26.7 Å². The number of nitrogens with one attached hydrogen (secondary N) is 2. The van der Waals surface area contributed by atoms with Crippen LogP contribution in [0.25, 0.3) is 0 Å². The summed E-state index contributed by atoms with van der Waals surface area (Å²) in [5, 5.41) is 9.97. The van der Waals surface area contributed by atoms with Crippen LogP contribution in [0, 0.1) is 13.8 Å². The lowest BCUT2D eigenvalue weighted by molar-refractivity contribution is 0.189. The summed E-state index contributed by atoms with van der Waals surface area (Å²) in [4.78, 5) is 30.9. The second-order valence-corrected chi connectivity index (χ2v) is 6.53. The average Bonchev–Trinajstić information content (AvgIpc) is 2.78. The SMILES string of the molecule is Cc1n[nH]c(C)c1[C@H]1CCCCCN1C(=O)Nc1nccn(C)c1=O. The van der Waals surface area contributed by atoms with Crippen LogP contribution in [-0.2, 0) is 7.05 Å². The third-order valence-corrected chi connectivity index (χ3v) is 4.77. The number of hydrogen-bond donors (Lipinski definition) is 2. The van der Waals surface area contributed by atoms with Crippen molar-refractivity contribution in [2.45, 2.75) is 45.6 Å². The summed E-state index contributed by atoms with van der Waals surface area (Å²) in [5.41, 5.74) is 2.65. The van der Waals surface area contributed by atoms with E-state index in [0.717, 1.165) is 42.6 Å². The first-order valence-corrected chi connectivity index (χ1v) is 8.59. The Morgan fingerprint density at radius 1 is 1.32 bits per heavy atom. The van der Waals surface area contributed by atoms with Gasteiger partial charge in [0.25, 0.3) is 5.56 Å². The van der Waals surface area contributed by atoms with Gasteiger partial charge in [0.2, 0.25) is 5.82 Å². The van der Waals surface area contributed by atoms with Crippen LogP contribution in [0.5, 0.6) is 0 Å². The summed E-state index contributed by atoms with van der Waals surface area (Å²) in [7, 11) is 1.63. The van der Waals surface area contributed by atoms with E-state index in [9.17, 15) is 9.59 Å². The van der Waals surface area contributed by atoms with Crippen LogP contribution in [0.4, 0.5) is 10.6 Å². The van der Waals surface area contributed by atoms with Crippen molar-refractivity contribution in [1.82, 2.24) is 24.6 Å². The predicted molar refractivity (Wildman–Crippen MR) is 94.5 cm³/mol. The number of aryl methyl sites for hydroxylation is 3. The maximum Gasteiger partial charge on any atom is 0.323 e. The van der Waals surface area contributed by atoms with E-state index in [0.29, 0.717) is 6.54 Å². The van der Waals surface area contributed by atoms with Gasteiger partial charge in [0, 0.05) is 37.2 Å². The Labute approximate surface area is 146 Å². The summed E-state index contributed by atoms with van der Waals surface area (Å²) < 4.78 is 1.40. The van der Waals surface area contributed by atoms with Crippen LogP contribution < -0.4 is 10.9 Å². The number of hydrogen-bond acceptors (Lipinski definition) is 4. The first kappa shape index (κ1) is 17.2. The lowest BCUT2D eigenvalue weighted by Crippen LogP contribution is -2.40. The van der Waals surface area contributed by atoms with Crippen molar-refractivity contribution in [3.05, 3.63) is 39.7 Å². The van der Waals surface area contributed by atoms with Crippen LogP contribution in [-0.4, -0.2) is 37.2 Å². The lowest BCUT2D eigenvalue weighted by atomic mass is 9.99. The maximum atomic E-state index is 12.9. The fourth-order valence-electron chi connectivity index (χ4n) is 3.46. The number of nitrogens with zero attached hydrogens (tertiary/aromatic N) is 4. The molecule has 0 aromatic carbocycles. The Morgan fingerprint density at radius 2 is 2.12 bits per heavy atom. The van der Waals surface area contributed by atoms with E-state index in [-0.39, 0.29) is 23.5 Å². The first-order chi connectivity index (χ1) is 12.0. The van der Waals surface area contributed by atoms with Gasteiger partial charge in [-0.15, -0.1) is 0 Å². The molecule has 3 heterocycles. The second kappa shape index (κ2) is 7.08. The Balaban J connectivity index is 1.90. The van der Waals surface area contributed by atoms with Gasteiger partial charge < -0.3 is 9.47 Å². The fourth-order valence-corrected chi connectivity index (χ4v) is 3.46. The molecule has 8 nitrogen and oxygen atoms in total. The highest BCUT2D eigenvalue weighted by molar-refractivity contribution is 5.88. The van der Waals surface area contributed by atoms with Gasteiger partial charge in [0.05, 0.1) is 11.7 Å². The van der Waals surface area contributed by atoms with Gasteiger partial charge >= 0.3 is 6.03 Å². The zero-order valence-electron chi connectivity index (χ0n) is 14.9. The molecule has 0 saturated carbocycles. The molecule has 3 rings (SSSR count). The molecule has 2 amide bonds. The summed E-state index contributed by atoms with van der Waals surface area (Å²) in [6.45, 7) is 4.58. The quantitative estimate of drug-likeness (QED) is 0.873. The van der Waals surface area contributed by atoms with Crippen LogP contribution in [0.1, 0.15) is 48.7 Å². The Morgan fingerprint density at radius 3 is 2.84 bits per heavy atom. The molecular weight excluding hydrogens is 320 g/mol. The van der Waals surface area contributed by atoms with E-state index < -0.39 is 0 Å². The van der Waals surface area contributed by atoms with E-state index in [1.807, 2.05) is 18.7 Å². The highest BCUT2D eigenvalue weighted by Crippen LogP contribution is 2.33. The Kier molecular flexibility index (Phi) is 4.87. The van der Waals surface area contributed by atoms with Crippen molar-refractivity contribution >= 4 is 11.8 Å². The van der Waals surface area contributed by atoms with Crippen LogP contribution in [0.15, 0.2) is 17.2 Å². The van der Waals surface area contributed by atoms with Gasteiger partial charge in [0.1, 0.15) is 0 Å². The highest BCUT2D eigenvalue weighted by atomic mass is 16.2. The minimum absolute atomic E-state index is 0.0474. The second-order valence-electron chi connectivity index (χ2n) is 6.53. The standard InChI is InChI=1S/C17H24N6O2/c1-11-14(12(2)21-20-11)13-7-5-4-6-9-23(13)17(25)19-15-16(24)22(3)10-8-18-15/h8,10,13H,4-7,9H2,1-3H3,(H,20,21)(H,18,19,25)/t13-/m1/s1. The Hall–Kier alpha value is -2.64. The van der Waals surface area contributed by atoms with Crippen molar-refractivity contribution in [3.63, 3.8) is 0 Å². The van der Waals surface area contributed by atoms with E-state index >= 15 is 0 Å². The van der Waals surface area contributed by atoms with E-state index in [4.69, 9.17) is 0 Å².